The molecule has 0 radical (unpaired) electrons. The zero-order valence-corrected chi connectivity index (χ0v) is 15.5. The smallest absolute Gasteiger partial charge is 0.320 e. The van der Waals surface area contributed by atoms with Crippen molar-refractivity contribution < 1.29 is 4.79 Å². The van der Waals surface area contributed by atoms with Gasteiger partial charge in [-0.3, -0.25) is 10.3 Å². The van der Waals surface area contributed by atoms with Gasteiger partial charge >= 0.3 is 6.03 Å². The minimum Gasteiger partial charge on any atom is -0.353 e. The first-order chi connectivity index (χ1) is 13.3. The molecule has 1 saturated carbocycles. The van der Waals surface area contributed by atoms with Gasteiger partial charge in [0.05, 0.1) is 18.4 Å². The van der Waals surface area contributed by atoms with E-state index in [1.165, 1.54) is 19.3 Å². The van der Waals surface area contributed by atoms with E-state index < -0.39 is 0 Å². The predicted octanol–water partition coefficient (Wildman–Crippen LogP) is 2.97. The summed E-state index contributed by atoms with van der Waals surface area (Å²) < 4.78 is 1.98. The normalized spacial score (nSPS) is 21.0. The van der Waals surface area contributed by atoms with Crippen molar-refractivity contribution in [2.45, 2.75) is 57.0 Å². The van der Waals surface area contributed by atoms with Crippen molar-refractivity contribution in [2.24, 2.45) is 0 Å². The van der Waals surface area contributed by atoms with E-state index >= 15 is 0 Å². The lowest BCUT2D eigenvalue weighted by molar-refractivity contribution is 0.246. The van der Waals surface area contributed by atoms with Gasteiger partial charge in [0.1, 0.15) is 11.6 Å². The molecule has 2 aliphatic rings. The van der Waals surface area contributed by atoms with Crippen LogP contribution in [-0.2, 0) is 0 Å². The topological polar surface area (TPSA) is 88.0 Å². The van der Waals surface area contributed by atoms with Crippen LogP contribution < -0.4 is 15.5 Å². The number of anilines is 2. The molecule has 0 spiro atoms. The van der Waals surface area contributed by atoms with E-state index in [4.69, 9.17) is 0 Å². The maximum absolute atomic E-state index is 12.5. The second-order valence-corrected chi connectivity index (χ2v) is 7.40. The van der Waals surface area contributed by atoms with Gasteiger partial charge < -0.3 is 10.2 Å². The van der Waals surface area contributed by atoms with E-state index in [0.29, 0.717) is 6.04 Å². The molecule has 0 aromatic carbocycles. The fourth-order valence-corrected chi connectivity index (χ4v) is 4.13. The van der Waals surface area contributed by atoms with Crippen molar-refractivity contribution in [3.63, 3.8) is 0 Å². The maximum atomic E-state index is 12.5. The second kappa shape index (κ2) is 8.37. The van der Waals surface area contributed by atoms with Crippen LogP contribution in [0.3, 0.4) is 0 Å². The number of piperidine rings is 1. The number of amides is 2. The molecule has 4 rings (SSSR count). The largest absolute Gasteiger partial charge is 0.353 e. The number of aromatic nitrogens is 4. The Kier molecular flexibility index (Phi) is 5.50. The maximum Gasteiger partial charge on any atom is 0.320 e. The number of nitrogens with one attached hydrogen (secondary N) is 2. The minimum atomic E-state index is -0.168. The number of carbonyl (C=O) groups is 1. The molecule has 1 aliphatic carbocycles. The highest BCUT2D eigenvalue weighted by atomic mass is 16.2. The third-order valence-corrected chi connectivity index (χ3v) is 5.46. The number of rotatable bonds is 4. The lowest BCUT2D eigenvalue weighted by Gasteiger charge is -2.33. The average molecular weight is 369 g/mol. The van der Waals surface area contributed by atoms with Gasteiger partial charge in [0.15, 0.2) is 0 Å². The molecule has 8 heteroatoms. The summed E-state index contributed by atoms with van der Waals surface area (Å²) >= 11 is 0. The lowest BCUT2D eigenvalue weighted by Crippen LogP contribution is -2.49. The van der Waals surface area contributed by atoms with Gasteiger partial charge in [0.2, 0.25) is 0 Å². The highest BCUT2D eigenvalue weighted by molar-refractivity contribution is 5.88. The van der Waals surface area contributed by atoms with E-state index in [1.54, 1.807) is 24.8 Å². The molecule has 0 bridgehead atoms. The summed E-state index contributed by atoms with van der Waals surface area (Å²) in [5, 5.41) is 10.5. The highest BCUT2D eigenvalue weighted by Crippen LogP contribution is 2.29. The molecule has 144 valence electrons. The quantitative estimate of drug-likeness (QED) is 0.865. The zero-order valence-electron chi connectivity index (χ0n) is 15.5. The van der Waals surface area contributed by atoms with Gasteiger partial charge in [-0.15, -0.1) is 0 Å². The minimum absolute atomic E-state index is 0.0896. The zero-order chi connectivity index (χ0) is 18.5. The van der Waals surface area contributed by atoms with Crippen LogP contribution in [0.2, 0.25) is 0 Å². The fraction of sp³-hybridized carbons (Fsp3) is 0.579. The van der Waals surface area contributed by atoms with Gasteiger partial charge in [0, 0.05) is 37.6 Å². The Hall–Kier alpha value is -2.64. The number of urea groups is 1. The van der Waals surface area contributed by atoms with Crippen molar-refractivity contribution in [1.29, 1.82) is 0 Å². The fourth-order valence-electron chi connectivity index (χ4n) is 4.13. The van der Waals surface area contributed by atoms with Gasteiger partial charge in [-0.1, -0.05) is 19.3 Å². The predicted molar refractivity (Wildman–Crippen MR) is 104 cm³/mol. The first-order valence-electron chi connectivity index (χ1n) is 9.91. The summed E-state index contributed by atoms with van der Waals surface area (Å²) in [6, 6.07) is 2.19. The monoisotopic (exact) mass is 369 g/mol. The van der Waals surface area contributed by atoms with Crippen LogP contribution in [0.5, 0.6) is 0 Å². The van der Waals surface area contributed by atoms with E-state index in [9.17, 15) is 4.79 Å². The first kappa shape index (κ1) is 17.8. The summed E-state index contributed by atoms with van der Waals surface area (Å²) in [6.07, 6.45) is 14.9. The third kappa shape index (κ3) is 4.37. The SMILES string of the molecule is O=C(Nc1ccnn1C1CCCCC1)N[C@@H]1CCCN(c2cnccn2)C1. The van der Waals surface area contributed by atoms with Gasteiger partial charge in [0.25, 0.3) is 0 Å². The van der Waals surface area contributed by atoms with Crippen LogP contribution in [0.1, 0.15) is 51.0 Å². The van der Waals surface area contributed by atoms with Crippen molar-refractivity contribution >= 4 is 17.7 Å². The Bertz CT molecular complexity index is 742. The molecule has 1 atom stereocenters. The second-order valence-electron chi connectivity index (χ2n) is 7.40. The van der Waals surface area contributed by atoms with Crippen LogP contribution in [0.15, 0.2) is 30.9 Å². The van der Waals surface area contributed by atoms with Crippen LogP contribution in [-0.4, -0.2) is 44.9 Å². The molecule has 0 unspecified atom stereocenters. The van der Waals surface area contributed by atoms with Gasteiger partial charge in [-0.25, -0.2) is 14.5 Å². The Balaban J connectivity index is 1.34. The van der Waals surface area contributed by atoms with Crippen LogP contribution in [0, 0.1) is 0 Å². The standard InChI is InChI=1S/C19H27N7O/c27-19(24-17-8-9-22-26(17)16-6-2-1-3-7-16)23-15-5-4-12-25(14-15)18-13-20-10-11-21-18/h8-11,13,15-16H,1-7,12,14H2,(H2,23,24,27)/t15-/m1/s1. The number of nitrogens with zero attached hydrogens (tertiary/aromatic N) is 5. The van der Waals surface area contributed by atoms with Crippen LogP contribution in [0.25, 0.3) is 0 Å². The molecule has 8 nitrogen and oxygen atoms in total. The van der Waals surface area contributed by atoms with Crippen LogP contribution in [0.4, 0.5) is 16.4 Å². The van der Waals surface area contributed by atoms with Gasteiger partial charge in [-0.05, 0) is 25.7 Å². The molecule has 2 N–H and O–H groups in total. The summed E-state index contributed by atoms with van der Waals surface area (Å²) in [5.41, 5.74) is 0. The molecule has 1 aliphatic heterocycles. The Labute approximate surface area is 159 Å². The molecule has 27 heavy (non-hydrogen) atoms. The molecule has 2 fully saturated rings. The summed E-state index contributed by atoms with van der Waals surface area (Å²) in [6.45, 7) is 1.68. The summed E-state index contributed by atoms with van der Waals surface area (Å²) in [7, 11) is 0. The Morgan fingerprint density at radius 3 is 2.78 bits per heavy atom. The van der Waals surface area contributed by atoms with E-state index in [2.05, 4.69) is 30.6 Å². The molecular weight excluding hydrogens is 342 g/mol. The lowest BCUT2D eigenvalue weighted by atomic mass is 9.96. The van der Waals surface area contributed by atoms with Crippen molar-refractivity contribution in [2.75, 3.05) is 23.3 Å². The van der Waals surface area contributed by atoms with E-state index in [0.717, 1.165) is 50.4 Å². The molecule has 2 amide bonds. The average Bonchev–Trinajstić information content (AvgIpc) is 3.17. The van der Waals surface area contributed by atoms with E-state index in [-0.39, 0.29) is 12.1 Å². The number of hydrogen-bond donors (Lipinski definition) is 2. The molecule has 1 saturated heterocycles. The molecular formula is C19H27N7O. The summed E-state index contributed by atoms with van der Waals surface area (Å²) in [5.74, 6) is 1.64. The molecule has 2 aromatic rings. The number of carbonyl (C=O) groups excluding carboxylic acids is 1. The van der Waals surface area contributed by atoms with Crippen LogP contribution >= 0.6 is 0 Å². The van der Waals surface area contributed by atoms with Crippen molar-refractivity contribution in [3.8, 4) is 0 Å². The van der Waals surface area contributed by atoms with Gasteiger partial charge in [-0.2, -0.15) is 5.10 Å². The van der Waals surface area contributed by atoms with Crippen molar-refractivity contribution in [3.05, 3.63) is 30.9 Å². The molecule has 2 aromatic heterocycles. The van der Waals surface area contributed by atoms with E-state index in [1.807, 2.05) is 10.7 Å². The van der Waals surface area contributed by atoms with Crippen molar-refractivity contribution in [1.82, 2.24) is 25.1 Å². The Morgan fingerprint density at radius 2 is 1.96 bits per heavy atom. The summed E-state index contributed by atoms with van der Waals surface area (Å²) in [4.78, 5) is 23.2. The molecule has 3 heterocycles. The Morgan fingerprint density at radius 1 is 1.07 bits per heavy atom. The highest BCUT2D eigenvalue weighted by Gasteiger charge is 2.24. The first-order valence-corrected chi connectivity index (χ1v) is 9.91. The number of hydrogen-bond acceptors (Lipinski definition) is 5. The third-order valence-electron chi connectivity index (χ3n) is 5.46.